The number of thiazole rings is 1. The lowest BCUT2D eigenvalue weighted by Gasteiger charge is -2.02. The lowest BCUT2D eigenvalue weighted by molar-refractivity contribution is 0.820. The van der Waals surface area contributed by atoms with E-state index in [-0.39, 0.29) is 0 Å². The fourth-order valence-electron chi connectivity index (χ4n) is 2.63. The molecular weight excluding hydrogens is 276 g/mol. The van der Waals surface area contributed by atoms with Gasteiger partial charge in [-0.15, -0.1) is 11.3 Å². The second kappa shape index (κ2) is 6.37. The highest BCUT2D eigenvalue weighted by Gasteiger charge is 2.09. The molecule has 1 heterocycles. The monoisotopic (exact) mass is 296 g/mol. The number of nitrogens with zero attached hydrogens (tertiary/aromatic N) is 1. The van der Waals surface area contributed by atoms with Gasteiger partial charge in [0.1, 0.15) is 0 Å². The Morgan fingerprint density at radius 3 is 2.67 bits per heavy atom. The van der Waals surface area contributed by atoms with E-state index in [2.05, 4.69) is 54.7 Å². The molecule has 0 unspecified atom stereocenters. The van der Waals surface area contributed by atoms with Gasteiger partial charge in [0, 0.05) is 13.0 Å². The highest BCUT2D eigenvalue weighted by atomic mass is 32.1. The third-order valence-electron chi connectivity index (χ3n) is 3.60. The van der Waals surface area contributed by atoms with E-state index in [0.717, 1.165) is 19.4 Å². The summed E-state index contributed by atoms with van der Waals surface area (Å²) in [4.78, 5) is 4.87. The summed E-state index contributed by atoms with van der Waals surface area (Å²) < 4.78 is 1.31. The number of nitrogens with one attached hydrogen (secondary N) is 1. The highest BCUT2D eigenvalue weighted by Crippen LogP contribution is 2.27. The molecule has 0 aliphatic rings. The summed E-state index contributed by atoms with van der Waals surface area (Å²) in [6, 6.07) is 15.1. The van der Waals surface area contributed by atoms with Crippen LogP contribution in [0.1, 0.15) is 21.7 Å². The van der Waals surface area contributed by atoms with E-state index >= 15 is 0 Å². The molecule has 0 fully saturated rings. The summed E-state index contributed by atoms with van der Waals surface area (Å²) in [6.45, 7) is 3.03. The Kier molecular flexibility index (Phi) is 4.32. The largest absolute Gasteiger partial charge is 0.316 e. The van der Waals surface area contributed by atoms with Crippen molar-refractivity contribution in [2.24, 2.45) is 0 Å². The fraction of sp³-hybridized carbons (Fsp3) is 0.278. The van der Waals surface area contributed by atoms with Crippen molar-refractivity contribution in [3.63, 3.8) is 0 Å². The van der Waals surface area contributed by atoms with E-state index < -0.39 is 0 Å². The van der Waals surface area contributed by atoms with E-state index in [1.54, 1.807) is 0 Å². The number of hydrogen-bond acceptors (Lipinski definition) is 3. The van der Waals surface area contributed by atoms with Crippen molar-refractivity contribution in [1.29, 1.82) is 0 Å². The van der Waals surface area contributed by atoms with E-state index in [1.165, 1.54) is 31.9 Å². The van der Waals surface area contributed by atoms with Crippen LogP contribution in [0, 0.1) is 6.92 Å². The Labute approximate surface area is 129 Å². The summed E-state index contributed by atoms with van der Waals surface area (Å²) in [7, 11) is 1.98. The van der Waals surface area contributed by atoms with Crippen LogP contribution in [-0.4, -0.2) is 12.0 Å². The Morgan fingerprint density at radius 1 is 1.10 bits per heavy atom. The zero-order valence-electron chi connectivity index (χ0n) is 12.5. The van der Waals surface area contributed by atoms with Gasteiger partial charge in [-0.25, -0.2) is 4.98 Å². The summed E-state index contributed by atoms with van der Waals surface area (Å²) in [6.07, 6.45) is 2.07. The van der Waals surface area contributed by atoms with Gasteiger partial charge in [0.15, 0.2) is 0 Å². The second-order valence-corrected chi connectivity index (χ2v) is 6.51. The Balaban J connectivity index is 1.85. The lowest BCUT2D eigenvalue weighted by Crippen LogP contribution is -2.05. The molecule has 0 spiro atoms. The van der Waals surface area contributed by atoms with Crippen molar-refractivity contribution >= 4 is 21.6 Å². The Hall–Kier alpha value is -1.71. The third kappa shape index (κ3) is 3.31. The number of fused-ring (bicyclic) bond motifs is 1. The predicted octanol–water partition coefficient (Wildman–Crippen LogP) is 4.11. The van der Waals surface area contributed by atoms with Gasteiger partial charge in [0.05, 0.1) is 15.2 Å². The minimum Gasteiger partial charge on any atom is -0.316 e. The van der Waals surface area contributed by atoms with E-state index in [9.17, 15) is 0 Å². The van der Waals surface area contributed by atoms with Gasteiger partial charge in [-0.2, -0.15) is 0 Å². The zero-order valence-corrected chi connectivity index (χ0v) is 13.3. The molecule has 2 nitrogen and oxygen atoms in total. The average molecular weight is 296 g/mol. The topological polar surface area (TPSA) is 24.9 Å². The van der Waals surface area contributed by atoms with Gasteiger partial charge >= 0.3 is 0 Å². The van der Waals surface area contributed by atoms with Gasteiger partial charge in [-0.3, -0.25) is 0 Å². The van der Waals surface area contributed by atoms with Crippen molar-refractivity contribution < 1.29 is 0 Å². The minimum absolute atomic E-state index is 0.875. The van der Waals surface area contributed by atoms with Crippen molar-refractivity contribution in [3.8, 4) is 0 Å². The fourth-order valence-corrected chi connectivity index (χ4v) is 3.74. The first-order valence-electron chi connectivity index (χ1n) is 7.34. The average Bonchev–Trinajstić information content (AvgIpc) is 2.89. The smallest absolute Gasteiger partial charge is 0.0942 e. The number of hydrogen-bond donors (Lipinski definition) is 1. The van der Waals surface area contributed by atoms with Gasteiger partial charge in [-0.05, 0) is 43.1 Å². The molecule has 1 aromatic heterocycles. The van der Waals surface area contributed by atoms with Crippen molar-refractivity contribution in [1.82, 2.24) is 10.3 Å². The summed E-state index contributed by atoms with van der Waals surface area (Å²) in [5.74, 6) is 0. The zero-order chi connectivity index (χ0) is 14.7. The predicted molar refractivity (Wildman–Crippen MR) is 91.0 cm³/mol. The van der Waals surface area contributed by atoms with Crippen LogP contribution < -0.4 is 5.32 Å². The van der Waals surface area contributed by atoms with Crippen LogP contribution in [0.2, 0.25) is 0 Å². The van der Waals surface area contributed by atoms with Crippen molar-refractivity contribution in [2.75, 3.05) is 7.05 Å². The molecule has 0 radical (unpaired) electrons. The van der Waals surface area contributed by atoms with Gasteiger partial charge in [0.2, 0.25) is 0 Å². The maximum absolute atomic E-state index is 4.87. The second-order valence-electron chi connectivity index (χ2n) is 5.39. The summed E-state index contributed by atoms with van der Waals surface area (Å²) in [5.41, 5.74) is 5.16. The first kappa shape index (κ1) is 14.2. The lowest BCUT2D eigenvalue weighted by atomic mass is 10.1. The van der Waals surface area contributed by atoms with Crippen LogP contribution in [0.3, 0.4) is 0 Å². The van der Waals surface area contributed by atoms with Crippen molar-refractivity contribution in [2.45, 2.75) is 26.3 Å². The molecule has 3 aromatic rings. The number of aromatic nitrogens is 1. The van der Waals surface area contributed by atoms with Crippen LogP contribution in [0.5, 0.6) is 0 Å². The van der Waals surface area contributed by atoms with Crippen LogP contribution in [0.25, 0.3) is 10.2 Å². The van der Waals surface area contributed by atoms with E-state index in [1.807, 2.05) is 18.4 Å². The molecule has 0 amide bonds. The minimum atomic E-state index is 0.875. The Morgan fingerprint density at radius 2 is 1.90 bits per heavy atom. The molecule has 0 saturated carbocycles. The van der Waals surface area contributed by atoms with Crippen LogP contribution in [0.15, 0.2) is 42.5 Å². The molecular formula is C18H20N2S. The van der Waals surface area contributed by atoms with Crippen LogP contribution in [0.4, 0.5) is 0 Å². The van der Waals surface area contributed by atoms with E-state index in [4.69, 9.17) is 4.98 Å². The highest BCUT2D eigenvalue weighted by molar-refractivity contribution is 7.18. The Bertz CT molecular complexity index is 732. The standard InChI is InChI=1S/C18H20N2S/c1-13-10-15(12-19-2)18-16(11-13)21-17(20-18)9-8-14-6-4-3-5-7-14/h3-7,10-11,19H,8-9,12H2,1-2H3. The molecule has 1 N–H and O–H groups in total. The number of benzene rings is 2. The SMILES string of the molecule is CNCc1cc(C)cc2sc(CCc3ccccc3)nc12. The molecule has 21 heavy (non-hydrogen) atoms. The molecule has 0 bridgehead atoms. The molecule has 3 heteroatoms. The quantitative estimate of drug-likeness (QED) is 0.766. The van der Waals surface area contributed by atoms with Crippen molar-refractivity contribution in [3.05, 3.63) is 64.2 Å². The normalized spacial score (nSPS) is 11.1. The number of rotatable bonds is 5. The van der Waals surface area contributed by atoms with Gasteiger partial charge in [0.25, 0.3) is 0 Å². The van der Waals surface area contributed by atoms with Gasteiger partial charge < -0.3 is 5.32 Å². The molecule has 2 aromatic carbocycles. The number of aryl methyl sites for hydroxylation is 3. The molecule has 3 rings (SSSR count). The molecule has 0 atom stereocenters. The molecule has 108 valence electrons. The first-order valence-corrected chi connectivity index (χ1v) is 8.15. The first-order chi connectivity index (χ1) is 10.3. The maximum atomic E-state index is 4.87. The maximum Gasteiger partial charge on any atom is 0.0942 e. The summed E-state index contributed by atoms with van der Waals surface area (Å²) >= 11 is 1.83. The van der Waals surface area contributed by atoms with Gasteiger partial charge in [-0.1, -0.05) is 36.4 Å². The molecule has 0 aliphatic carbocycles. The van der Waals surface area contributed by atoms with Crippen LogP contribution in [-0.2, 0) is 19.4 Å². The molecule has 0 saturated heterocycles. The summed E-state index contributed by atoms with van der Waals surface area (Å²) in [5, 5.41) is 4.47. The van der Waals surface area contributed by atoms with Crippen LogP contribution >= 0.6 is 11.3 Å². The molecule has 0 aliphatic heterocycles. The third-order valence-corrected chi connectivity index (χ3v) is 4.66. The van der Waals surface area contributed by atoms with E-state index in [0.29, 0.717) is 0 Å².